The zero-order valence-corrected chi connectivity index (χ0v) is 23.2. The summed E-state index contributed by atoms with van der Waals surface area (Å²) in [7, 11) is 0. The van der Waals surface area contributed by atoms with Gasteiger partial charge < -0.3 is 18.9 Å². The molecule has 4 saturated carbocycles. The van der Waals surface area contributed by atoms with E-state index in [9.17, 15) is 0 Å². The van der Waals surface area contributed by atoms with E-state index in [1.54, 1.807) is 0 Å². The summed E-state index contributed by atoms with van der Waals surface area (Å²) in [6, 6.07) is 0. The van der Waals surface area contributed by atoms with E-state index >= 15 is 0 Å². The quantitative estimate of drug-likeness (QED) is 0.396. The van der Waals surface area contributed by atoms with Gasteiger partial charge in [0.1, 0.15) is 0 Å². The Morgan fingerprint density at radius 3 is 2.34 bits per heavy atom. The molecule has 6 rings (SSSR count). The van der Waals surface area contributed by atoms with Gasteiger partial charge in [-0.2, -0.15) is 0 Å². The summed E-state index contributed by atoms with van der Waals surface area (Å²) < 4.78 is 26.2. The van der Waals surface area contributed by atoms with Gasteiger partial charge in [0.05, 0.1) is 25.4 Å². The first-order valence-electron chi connectivity index (χ1n) is 14.9. The van der Waals surface area contributed by atoms with Crippen molar-refractivity contribution in [3.63, 3.8) is 0 Å². The number of unbranched alkanes of at least 4 members (excludes halogenated alkanes) is 1. The highest BCUT2D eigenvalue weighted by atomic mass is 16.8. The van der Waals surface area contributed by atoms with Gasteiger partial charge in [0, 0.05) is 12.3 Å². The van der Waals surface area contributed by atoms with Gasteiger partial charge in [0.2, 0.25) is 0 Å². The van der Waals surface area contributed by atoms with Crippen LogP contribution in [0.3, 0.4) is 0 Å². The first-order valence-corrected chi connectivity index (χ1v) is 14.9. The maximum Gasteiger partial charge on any atom is 0.172 e. The van der Waals surface area contributed by atoms with Crippen molar-refractivity contribution in [3.8, 4) is 0 Å². The van der Waals surface area contributed by atoms with E-state index in [2.05, 4.69) is 53.7 Å². The molecule has 4 aliphatic carbocycles. The van der Waals surface area contributed by atoms with Gasteiger partial charge in [0.25, 0.3) is 0 Å². The van der Waals surface area contributed by atoms with Crippen molar-refractivity contribution in [2.45, 2.75) is 123 Å². The lowest BCUT2D eigenvalue weighted by Gasteiger charge is -2.65. The summed E-state index contributed by atoms with van der Waals surface area (Å²) in [6.45, 7) is 15.6. The summed E-state index contributed by atoms with van der Waals surface area (Å²) >= 11 is 0. The lowest BCUT2D eigenvalue weighted by molar-refractivity contribution is -0.300. The maximum absolute atomic E-state index is 6.66. The molecule has 0 radical (unpaired) electrons. The first-order chi connectivity index (χ1) is 16.6. The molecule has 10 atom stereocenters. The van der Waals surface area contributed by atoms with E-state index in [4.69, 9.17) is 18.9 Å². The lowest BCUT2D eigenvalue weighted by Crippen LogP contribution is -2.65. The molecule has 0 aromatic rings. The van der Waals surface area contributed by atoms with Crippen LogP contribution in [0.25, 0.3) is 0 Å². The molecular weight excluding hydrogens is 436 g/mol. The Hall–Kier alpha value is -0.420. The van der Waals surface area contributed by atoms with E-state index in [1.807, 2.05) is 0 Å². The Balaban J connectivity index is 1.31. The van der Waals surface area contributed by atoms with Crippen LogP contribution < -0.4 is 0 Å². The van der Waals surface area contributed by atoms with Crippen LogP contribution in [-0.2, 0) is 18.9 Å². The molecule has 0 N–H and O–H groups in total. The van der Waals surface area contributed by atoms with Crippen molar-refractivity contribution in [2.75, 3.05) is 13.2 Å². The fraction of sp³-hybridized carbons (Fsp3) is 0.935. The zero-order valence-electron chi connectivity index (χ0n) is 23.2. The predicted octanol–water partition coefficient (Wildman–Crippen LogP) is 7.12. The Labute approximate surface area is 213 Å². The van der Waals surface area contributed by atoms with Crippen molar-refractivity contribution >= 4 is 0 Å². The van der Waals surface area contributed by atoms with E-state index < -0.39 is 11.6 Å². The Kier molecular flexibility index (Phi) is 6.08. The minimum absolute atomic E-state index is 0.171. The van der Waals surface area contributed by atoms with Crippen LogP contribution in [0.15, 0.2) is 12.2 Å². The molecule has 0 aromatic carbocycles. The fourth-order valence-electron chi connectivity index (χ4n) is 10.6. The third kappa shape index (κ3) is 3.74. The van der Waals surface area contributed by atoms with Crippen molar-refractivity contribution < 1.29 is 18.9 Å². The highest BCUT2D eigenvalue weighted by Gasteiger charge is 2.70. The molecule has 4 heteroatoms. The molecule has 2 aliphatic heterocycles. The normalized spacial score (nSPS) is 50.6. The minimum Gasteiger partial charge on any atom is -0.347 e. The maximum atomic E-state index is 6.66. The largest absolute Gasteiger partial charge is 0.347 e. The van der Waals surface area contributed by atoms with E-state index in [-0.39, 0.29) is 17.6 Å². The standard InChI is InChI=1S/C31H50O4/c1-7-8-9-10-20(2)22-11-12-23-21-18-31(32-15-16-33-31)27-17-25-26(35-28(3,4)34-25)19-30(27,6)24(21)13-14-29(22,23)5/h9-10,20-27H,7-8,11-19H2,1-6H3/b10-9-/t20-,21?,22-,23?,24?,25+,26-,27?,29-,30-/m1/s1. The van der Waals surface area contributed by atoms with Gasteiger partial charge in [-0.25, -0.2) is 0 Å². The summed E-state index contributed by atoms with van der Waals surface area (Å²) in [6.07, 6.45) is 16.5. The van der Waals surface area contributed by atoms with Gasteiger partial charge in [-0.15, -0.1) is 0 Å². The van der Waals surface area contributed by atoms with Gasteiger partial charge in [-0.3, -0.25) is 0 Å². The van der Waals surface area contributed by atoms with Crippen LogP contribution in [0, 0.1) is 46.3 Å². The second-order valence-electron chi connectivity index (χ2n) is 14.1. The third-order valence-corrected chi connectivity index (χ3v) is 11.9. The van der Waals surface area contributed by atoms with Crippen LogP contribution in [0.2, 0.25) is 0 Å². The number of allylic oxidation sites excluding steroid dienone is 2. The van der Waals surface area contributed by atoms with Crippen LogP contribution in [-0.4, -0.2) is 37.0 Å². The number of hydrogen-bond acceptors (Lipinski definition) is 4. The molecule has 35 heavy (non-hydrogen) atoms. The Morgan fingerprint density at radius 2 is 1.60 bits per heavy atom. The van der Waals surface area contributed by atoms with Gasteiger partial charge in [0.15, 0.2) is 11.6 Å². The van der Waals surface area contributed by atoms with Crippen LogP contribution >= 0.6 is 0 Å². The Bertz CT molecular complexity index is 830. The molecule has 1 spiro atoms. The number of ether oxygens (including phenoxy) is 4. The zero-order chi connectivity index (χ0) is 24.6. The predicted molar refractivity (Wildman–Crippen MR) is 138 cm³/mol. The molecule has 0 bridgehead atoms. The SMILES string of the molecule is CCC/C=C\[C@@H](C)[C@H]1CCC2C3CC4(OCCO4)C4C[C@@H]5OC(C)(C)O[C@@H]5C[C@]4(C)C3CC[C@@]21C. The van der Waals surface area contributed by atoms with Crippen molar-refractivity contribution in [1.82, 2.24) is 0 Å². The highest BCUT2D eigenvalue weighted by molar-refractivity contribution is 5.16. The topological polar surface area (TPSA) is 36.9 Å². The molecule has 6 fully saturated rings. The molecule has 0 aromatic heterocycles. The van der Waals surface area contributed by atoms with Crippen molar-refractivity contribution in [3.05, 3.63) is 12.2 Å². The van der Waals surface area contributed by atoms with Gasteiger partial charge in [-0.1, -0.05) is 46.3 Å². The monoisotopic (exact) mass is 486 g/mol. The third-order valence-electron chi connectivity index (χ3n) is 11.9. The van der Waals surface area contributed by atoms with Gasteiger partial charge >= 0.3 is 0 Å². The van der Waals surface area contributed by atoms with Crippen LogP contribution in [0.4, 0.5) is 0 Å². The molecule has 4 unspecified atom stereocenters. The number of hydrogen-bond donors (Lipinski definition) is 0. The first kappa shape index (κ1) is 24.9. The molecule has 2 heterocycles. The van der Waals surface area contributed by atoms with Crippen LogP contribution in [0.1, 0.15) is 99.3 Å². The smallest absolute Gasteiger partial charge is 0.172 e. The van der Waals surface area contributed by atoms with Crippen LogP contribution in [0.5, 0.6) is 0 Å². The van der Waals surface area contributed by atoms with Crippen molar-refractivity contribution in [1.29, 1.82) is 0 Å². The second kappa shape index (κ2) is 8.55. The summed E-state index contributed by atoms with van der Waals surface area (Å²) in [5, 5.41) is 0. The molecule has 4 nitrogen and oxygen atoms in total. The molecule has 198 valence electrons. The molecule has 6 aliphatic rings. The van der Waals surface area contributed by atoms with E-state index in [1.165, 1.54) is 38.5 Å². The van der Waals surface area contributed by atoms with E-state index in [0.29, 0.717) is 23.2 Å². The minimum atomic E-state index is -0.478. The highest BCUT2D eigenvalue weighted by Crippen LogP contribution is 2.71. The Morgan fingerprint density at radius 1 is 0.886 bits per heavy atom. The molecule has 0 amide bonds. The summed E-state index contributed by atoms with van der Waals surface area (Å²) in [5.74, 6) is 3.19. The molecule has 2 saturated heterocycles. The molecular formula is C31H50O4. The van der Waals surface area contributed by atoms with Crippen molar-refractivity contribution in [2.24, 2.45) is 46.3 Å². The summed E-state index contributed by atoms with van der Waals surface area (Å²) in [4.78, 5) is 0. The number of fused-ring (bicyclic) bond motifs is 7. The average molecular weight is 487 g/mol. The lowest BCUT2D eigenvalue weighted by atomic mass is 9.42. The fourth-order valence-corrected chi connectivity index (χ4v) is 10.6. The average Bonchev–Trinajstić information content (AvgIpc) is 3.47. The number of rotatable bonds is 4. The second-order valence-corrected chi connectivity index (χ2v) is 14.1. The summed E-state index contributed by atoms with van der Waals surface area (Å²) in [5.41, 5.74) is 0.622. The van der Waals surface area contributed by atoms with Gasteiger partial charge in [-0.05, 0) is 99.2 Å². The van der Waals surface area contributed by atoms with E-state index in [0.717, 1.165) is 50.2 Å².